The number of ether oxygens (including phenoxy) is 2. The SMILES string of the molecule is COc1ccc(Cn2cc([N+](=O)[O-])c(=O)n(Cc3ccc(OC)cc3)c2=O)cc1. The van der Waals surface area contributed by atoms with Gasteiger partial charge in [-0.05, 0) is 35.4 Å². The van der Waals surface area contributed by atoms with Crippen LogP contribution in [-0.4, -0.2) is 28.3 Å². The molecule has 1 aromatic heterocycles. The van der Waals surface area contributed by atoms with Crippen LogP contribution in [0.3, 0.4) is 0 Å². The van der Waals surface area contributed by atoms with Crippen LogP contribution in [0.25, 0.3) is 0 Å². The van der Waals surface area contributed by atoms with E-state index >= 15 is 0 Å². The Hall–Kier alpha value is -3.88. The number of benzene rings is 2. The maximum absolute atomic E-state index is 12.9. The number of hydrogen-bond acceptors (Lipinski definition) is 6. The first kappa shape index (κ1) is 19.9. The lowest BCUT2D eigenvalue weighted by atomic mass is 10.2. The van der Waals surface area contributed by atoms with E-state index in [0.29, 0.717) is 17.1 Å². The highest BCUT2D eigenvalue weighted by Gasteiger charge is 2.20. The molecule has 0 aliphatic rings. The van der Waals surface area contributed by atoms with Gasteiger partial charge in [-0.25, -0.2) is 9.36 Å². The average molecular weight is 397 g/mol. The maximum atomic E-state index is 12.9. The molecule has 2 aromatic carbocycles. The lowest BCUT2D eigenvalue weighted by Gasteiger charge is -2.11. The summed E-state index contributed by atoms with van der Waals surface area (Å²) in [7, 11) is 3.07. The molecular formula is C20H19N3O6. The first-order valence-corrected chi connectivity index (χ1v) is 8.67. The lowest BCUT2D eigenvalue weighted by molar-refractivity contribution is -0.387. The Bertz CT molecular complexity index is 1130. The predicted octanol–water partition coefficient (Wildman–Crippen LogP) is 2.03. The van der Waals surface area contributed by atoms with E-state index in [1.807, 2.05) is 0 Å². The summed E-state index contributed by atoms with van der Waals surface area (Å²) >= 11 is 0. The van der Waals surface area contributed by atoms with E-state index < -0.39 is 21.9 Å². The Morgan fingerprint density at radius 2 is 1.34 bits per heavy atom. The van der Waals surface area contributed by atoms with Crippen molar-refractivity contribution in [3.63, 3.8) is 0 Å². The minimum atomic E-state index is -0.943. The van der Waals surface area contributed by atoms with Gasteiger partial charge in [-0.1, -0.05) is 24.3 Å². The normalized spacial score (nSPS) is 10.6. The molecule has 0 saturated heterocycles. The van der Waals surface area contributed by atoms with Gasteiger partial charge in [-0.3, -0.25) is 19.5 Å². The highest BCUT2D eigenvalue weighted by atomic mass is 16.6. The summed E-state index contributed by atoms with van der Waals surface area (Å²) in [5.41, 5.74) is -0.862. The number of hydrogen-bond donors (Lipinski definition) is 0. The van der Waals surface area contributed by atoms with Gasteiger partial charge in [0.1, 0.15) is 11.5 Å². The van der Waals surface area contributed by atoms with E-state index in [9.17, 15) is 19.7 Å². The van der Waals surface area contributed by atoms with Crippen LogP contribution in [0.15, 0.2) is 64.3 Å². The fourth-order valence-corrected chi connectivity index (χ4v) is 2.86. The molecule has 0 aliphatic heterocycles. The van der Waals surface area contributed by atoms with Crippen molar-refractivity contribution in [2.45, 2.75) is 13.1 Å². The molecular weight excluding hydrogens is 378 g/mol. The zero-order chi connectivity index (χ0) is 21.0. The Morgan fingerprint density at radius 3 is 1.79 bits per heavy atom. The third-order valence-electron chi connectivity index (χ3n) is 4.43. The monoisotopic (exact) mass is 397 g/mol. The van der Waals surface area contributed by atoms with Crippen LogP contribution in [0, 0.1) is 10.1 Å². The van der Waals surface area contributed by atoms with Crippen LogP contribution in [0.2, 0.25) is 0 Å². The fourth-order valence-electron chi connectivity index (χ4n) is 2.86. The predicted molar refractivity (Wildman–Crippen MR) is 106 cm³/mol. The summed E-state index contributed by atoms with van der Waals surface area (Å²) in [6.07, 6.45) is 0.986. The highest BCUT2D eigenvalue weighted by molar-refractivity contribution is 5.30. The minimum Gasteiger partial charge on any atom is -0.497 e. The molecule has 0 bridgehead atoms. The first-order valence-electron chi connectivity index (χ1n) is 8.67. The van der Waals surface area contributed by atoms with E-state index in [0.717, 1.165) is 20.9 Å². The largest absolute Gasteiger partial charge is 0.497 e. The van der Waals surface area contributed by atoms with Gasteiger partial charge in [-0.15, -0.1) is 0 Å². The van der Waals surface area contributed by atoms with E-state index in [1.54, 1.807) is 48.5 Å². The van der Waals surface area contributed by atoms with Gasteiger partial charge in [0.05, 0.1) is 38.4 Å². The Balaban J connectivity index is 2.03. The van der Waals surface area contributed by atoms with Crippen LogP contribution < -0.4 is 20.7 Å². The number of nitrogens with zero attached hydrogens (tertiary/aromatic N) is 3. The van der Waals surface area contributed by atoms with Crippen molar-refractivity contribution in [1.82, 2.24) is 9.13 Å². The summed E-state index contributed by atoms with van der Waals surface area (Å²) in [6, 6.07) is 13.7. The molecule has 0 saturated carbocycles. The molecule has 0 radical (unpaired) electrons. The Labute approximate surface area is 165 Å². The van der Waals surface area contributed by atoms with Crippen molar-refractivity contribution >= 4 is 5.69 Å². The summed E-state index contributed by atoms with van der Waals surface area (Å²) < 4.78 is 12.2. The van der Waals surface area contributed by atoms with Crippen molar-refractivity contribution < 1.29 is 14.4 Å². The van der Waals surface area contributed by atoms with Gasteiger partial charge >= 0.3 is 16.9 Å². The molecule has 1 heterocycles. The van der Waals surface area contributed by atoms with E-state index in [2.05, 4.69) is 0 Å². The van der Waals surface area contributed by atoms with E-state index in [1.165, 1.54) is 14.2 Å². The fraction of sp³-hybridized carbons (Fsp3) is 0.200. The van der Waals surface area contributed by atoms with Gasteiger partial charge in [-0.2, -0.15) is 0 Å². The molecule has 0 spiro atoms. The second-order valence-corrected chi connectivity index (χ2v) is 6.27. The third kappa shape index (κ3) is 4.34. The molecule has 3 aromatic rings. The zero-order valence-electron chi connectivity index (χ0n) is 15.9. The molecule has 0 fully saturated rings. The molecule has 0 N–H and O–H groups in total. The third-order valence-corrected chi connectivity index (χ3v) is 4.43. The highest BCUT2D eigenvalue weighted by Crippen LogP contribution is 2.14. The van der Waals surface area contributed by atoms with Crippen LogP contribution in [-0.2, 0) is 13.1 Å². The summed E-state index contributed by atoms with van der Waals surface area (Å²) in [5.74, 6) is 1.27. The van der Waals surface area contributed by atoms with Crippen molar-refractivity contribution in [2.75, 3.05) is 14.2 Å². The Kier molecular flexibility index (Phi) is 5.77. The summed E-state index contributed by atoms with van der Waals surface area (Å²) in [6.45, 7) is -0.0154. The van der Waals surface area contributed by atoms with Crippen molar-refractivity contribution in [1.29, 1.82) is 0 Å². The molecule has 0 unspecified atom stereocenters. The van der Waals surface area contributed by atoms with Gasteiger partial charge < -0.3 is 9.47 Å². The van der Waals surface area contributed by atoms with Crippen molar-refractivity contribution in [3.8, 4) is 11.5 Å². The molecule has 0 amide bonds. The van der Waals surface area contributed by atoms with Crippen LogP contribution in [0.1, 0.15) is 11.1 Å². The smallest absolute Gasteiger partial charge is 0.350 e. The topological polar surface area (TPSA) is 106 Å². The van der Waals surface area contributed by atoms with Crippen LogP contribution >= 0.6 is 0 Å². The summed E-state index contributed by atoms with van der Waals surface area (Å²) in [4.78, 5) is 36.0. The van der Waals surface area contributed by atoms with Gasteiger partial charge in [0, 0.05) is 0 Å². The molecule has 9 heteroatoms. The Morgan fingerprint density at radius 1 is 0.862 bits per heavy atom. The molecule has 150 valence electrons. The first-order chi connectivity index (χ1) is 13.9. The molecule has 29 heavy (non-hydrogen) atoms. The van der Waals surface area contributed by atoms with E-state index in [-0.39, 0.29) is 13.1 Å². The zero-order valence-corrected chi connectivity index (χ0v) is 15.9. The number of aromatic nitrogens is 2. The second-order valence-electron chi connectivity index (χ2n) is 6.27. The lowest BCUT2D eigenvalue weighted by Crippen LogP contribution is -2.40. The van der Waals surface area contributed by atoms with Crippen molar-refractivity contribution in [3.05, 3.63) is 96.8 Å². The average Bonchev–Trinajstić information content (AvgIpc) is 2.73. The second kappa shape index (κ2) is 8.42. The quantitative estimate of drug-likeness (QED) is 0.446. The van der Waals surface area contributed by atoms with Gasteiger partial charge in [0.15, 0.2) is 0 Å². The molecule has 0 atom stereocenters. The molecule has 0 aliphatic carbocycles. The maximum Gasteiger partial charge on any atom is 0.350 e. The van der Waals surface area contributed by atoms with Crippen molar-refractivity contribution in [2.24, 2.45) is 0 Å². The number of rotatable bonds is 7. The van der Waals surface area contributed by atoms with Gasteiger partial charge in [0.2, 0.25) is 0 Å². The number of methoxy groups -OCH3 is 2. The summed E-state index contributed by atoms with van der Waals surface area (Å²) in [5, 5.41) is 11.4. The number of nitro groups is 1. The minimum absolute atomic E-state index is 0.0760. The van der Waals surface area contributed by atoms with Crippen LogP contribution in [0.5, 0.6) is 11.5 Å². The van der Waals surface area contributed by atoms with Crippen LogP contribution in [0.4, 0.5) is 5.69 Å². The molecule has 9 nitrogen and oxygen atoms in total. The molecule has 3 rings (SSSR count). The standard InChI is InChI=1S/C20H19N3O6/c1-28-16-7-3-14(4-8-16)11-21-13-18(23(26)27)19(24)22(20(21)25)12-15-5-9-17(29-2)10-6-15/h3-10,13H,11-12H2,1-2H3. The van der Waals surface area contributed by atoms with Gasteiger partial charge in [0.25, 0.3) is 0 Å². The van der Waals surface area contributed by atoms with E-state index in [4.69, 9.17) is 9.47 Å².